The molecule has 0 bridgehead atoms. The van der Waals surface area contributed by atoms with Gasteiger partial charge in [-0.2, -0.15) is 4.39 Å². The zero-order chi connectivity index (χ0) is 16.4. The third-order valence-electron chi connectivity index (χ3n) is 3.84. The Morgan fingerprint density at radius 2 is 2.30 bits per heavy atom. The van der Waals surface area contributed by atoms with Crippen LogP contribution in [0.2, 0.25) is 5.02 Å². The Morgan fingerprint density at radius 3 is 3.09 bits per heavy atom. The van der Waals surface area contributed by atoms with Crippen molar-refractivity contribution in [2.24, 2.45) is 0 Å². The van der Waals surface area contributed by atoms with Gasteiger partial charge in [-0.15, -0.1) is 0 Å². The SMILES string of the molecule is C[C@@H]1CNCCCN1c1nc(-c2ccnc(F)c2)[nH]c(=O)c1Cl. The van der Waals surface area contributed by atoms with Crippen molar-refractivity contribution in [3.8, 4) is 11.4 Å². The molecule has 1 aliphatic rings. The zero-order valence-corrected chi connectivity index (χ0v) is 13.4. The van der Waals surface area contributed by atoms with Crippen molar-refractivity contribution < 1.29 is 4.39 Å². The molecule has 3 heterocycles. The maximum Gasteiger partial charge on any atom is 0.272 e. The molecule has 122 valence electrons. The second kappa shape index (κ2) is 6.64. The molecule has 0 aliphatic carbocycles. The van der Waals surface area contributed by atoms with Gasteiger partial charge in [0.15, 0.2) is 5.82 Å². The second-order valence-electron chi connectivity index (χ2n) is 5.52. The smallest absolute Gasteiger partial charge is 0.272 e. The Morgan fingerprint density at radius 1 is 1.48 bits per heavy atom. The van der Waals surface area contributed by atoms with Crippen LogP contribution in [-0.2, 0) is 0 Å². The lowest BCUT2D eigenvalue weighted by atomic mass is 10.2. The van der Waals surface area contributed by atoms with Gasteiger partial charge < -0.3 is 15.2 Å². The van der Waals surface area contributed by atoms with Crippen LogP contribution in [0.15, 0.2) is 23.1 Å². The summed E-state index contributed by atoms with van der Waals surface area (Å²) in [7, 11) is 0. The Bertz CT molecular complexity index is 766. The van der Waals surface area contributed by atoms with Gasteiger partial charge in [-0.3, -0.25) is 4.79 Å². The second-order valence-corrected chi connectivity index (χ2v) is 5.90. The van der Waals surface area contributed by atoms with E-state index in [9.17, 15) is 9.18 Å². The van der Waals surface area contributed by atoms with E-state index in [1.165, 1.54) is 12.3 Å². The Labute approximate surface area is 137 Å². The minimum Gasteiger partial charge on any atom is -0.351 e. The number of hydrogen-bond donors (Lipinski definition) is 2. The zero-order valence-electron chi connectivity index (χ0n) is 12.6. The highest BCUT2D eigenvalue weighted by molar-refractivity contribution is 6.32. The first-order valence-electron chi connectivity index (χ1n) is 7.45. The number of pyridine rings is 1. The summed E-state index contributed by atoms with van der Waals surface area (Å²) in [4.78, 5) is 24.8. The van der Waals surface area contributed by atoms with E-state index < -0.39 is 11.5 Å². The number of aromatic nitrogens is 3. The largest absolute Gasteiger partial charge is 0.351 e. The predicted molar refractivity (Wildman–Crippen MR) is 87.4 cm³/mol. The van der Waals surface area contributed by atoms with Crippen LogP contribution in [-0.4, -0.2) is 40.6 Å². The van der Waals surface area contributed by atoms with Crippen molar-refractivity contribution in [3.05, 3.63) is 39.7 Å². The molecule has 6 nitrogen and oxygen atoms in total. The van der Waals surface area contributed by atoms with Crippen LogP contribution in [0.25, 0.3) is 11.4 Å². The van der Waals surface area contributed by atoms with Crippen LogP contribution in [0.5, 0.6) is 0 Å². The third-order valence-corrected chi connectivity index (χ3v) is 4.18. The molecule has 8 heteroatoms. The molecule has 0 aromatic carbocycles. The average Bonchev–Trinajstić information content (AvgIpc) is 2.74. The van der Waals surface area contributed by atoms with Crippen LogP contribution in [0, 0.1) is 5.95 Å². The lowest BCUT2D eigenvalue weighted by Gasteiger charge is -2.28. The lowest BCUT2D eigenvalue weighted by molar-refractivity contribution is 0.584. The molecule has 0 radical (unpaired) electrons. The van der Waals surface area contributed by atoms with Crippen LogP contribution >= 0.6 is 11.6 Å². The van der Waals surface area contributed by atoms with Crippen LogP contribution in [0.1, 0.15) is 13.3 Å². The fraction of sp³-hybridized carbons (Fsp3) is 0.400. The summed E-state index contributed by atoms with van der Waals surface area (Å²) in [6.45, 7) is 4.48. The van der Waals surface area contributed by atoms with Gasteiger partial charge in [0.2, 0.25) is 5.95 Å². The van der Waals surface area contributed by atoms with Crippen LogP contribution < -0.4 is 15.8 Å². The molecule has 2 aromatic heterocycles. The number of halogens is 2. The van der Waals surface area contributed by atoms with E-state index in [2.05, 4.69) is 20.3 Å². The van der Waals surface area contributed by atoms with Crippen molar-refractivity contribution in [2.75, 3.05) is 24.5 Å². The van der Waals surface area contributed by atoms with Gasteiger partial charge in [0.1, 0.15) is 10.8 Å². The summed E-state index contributed by atoms with van der Waals surface area (Å²) >= 11 is 6.18. The lowest BCUT2D eigenvalue weighted by Crippen LogP contribution is -2.39. The average molecular weight is 338 g/mol. The van der Waals surface area contributed by atoms with E-state index in [-0.39, 0.29) is 16.9 Å². The monoisotopic (exact) mass is 337 g/mol. The van der Waals surface area contributed by atoms with E-state index in [0.717, 1.165) is 26.1 Å². The summed E-state index contributed by atoms with van der Waals surface area (Å²) in [6, 6.07) is 2.96. The number of H-pyrrole nitrogens is 1. The van der Waals surface area contributed by atoms with Crippen molar-refractivity contribution in [1.82, 2.24) is 20.3 Å². The van der Waals surface area contributed by atoms with Crippen LogP contribution in [0.4, 0.5) is 10.2 Å². The maximum absolute atomic E-state index is 13.3. The first-order chi connectivity index (χ1) is 11.1. The van der Waals surface area contributed by atoms with Gasteiger partial charge in [-0.25, -0.2) is 9.97 Å². The molecule has 0 unspecified atom stereocenters. The predicted octanol–water partition coefficient (Wildman–Crippen LogP) is 1.81. The van der Waals surface area contributed by atoms with E-state index >= 15 is 0 Å². The van der Waals surface area contributed by atoms with Gasteiger partial charge in [0.25, 0.3) is 5.56 Å². The van der Waals surface area contributed by atoms with E-state index in [0.29, 0.717) is 11.4 Å². The summed E-state index contributed by atoms with van der Waals surface area (Å²) in [5, 5.41) is 3.38. The molecule has 0 saturated carbocycles. The number of nitrogens with one attached hydrogen (secondary N) is 2. The first kappa shape index (κ1) is 15.9. The molecular weight excluding hydrogens is 321 g/mol. The summed E-state index contributed by atoms with van der Waals surface area (Å²) in [5.74, 6) is 0.0768. The van der Waals surface area contributed by atoms with Gasteiger partial charge in [-0.1, -0.05) is 11.6 Å². The molecule has 1 saturated heterocycles. The van der Waals surface area contributed by atoms with Gasteiger partial charge in [0, 0.05) is 37.0 Å². The normalized spacial score (nSPS) is 18.7. The molecule has 3 rings (SSSR count). The molecule has 0 spiro atoms. The Hall–Kier alpha value is -1.99. The highest BCUT2D eigenvalue weighted by Gasteiger charge is 2.23. The Balaban J connectivity index is 2.08. The minimum absolute atomic E-state index is 0.0528. The number of anilines is 1. The number of aromatic amines is 1. The summed E-state index contributed by atoms with van der Waals surface area (Å²) in [6.07, 6.45) is 2.26. The van der Waals surface area contributed by atoms with Crippen molar-refractivity contribution in [3.63, 3.8) is 0 Å². The molecule has 1 aliphatic heterocycles. The van der Waals surface area contributed by atoms with Gasteiger partial charge >= 0.3 is 0 Å². The number of hydrogen-bond acceptors (Lipinski definition) is 5. The highest BCUT2D eigenvalue weighted by atomic mass is 35.5. The van der Waals surface area contributed by atoms with Crippen molar-refractivity contribution >= 4 is 17.4 Å². The van der Waals surface area contributed by atoms with E-state index in [4.69, 9.17) is 11.6 Å². The number of nitrogens with zero attached hydrogens (tertiary/aromatic N) is 3. The van der Waals surface area contributed by atoms with E-state index in [1.54, 1.807) is 6.07 Å². The van der Waals surface area contributed by atoms with Gasteiger partial charge in [-0.05, 0) is 26.0 Å². The van der Waals surface area contributed by atoms with E-state index in [1.807, 2.05) is 11.8 Å². The third kappa shape index (κ3) is 3.35. The molecule has 1 atom stereocenters. The summed E-state index contributed by atoms with van der Waals surface area (Å²) < 4.78 is 13.3. The number of rotatable bonds is 2. The molecule has 23 heavy (non-hydrogen) atoms. The fourth-order valence-corrected chi connectivity index (χ4v) is 2.85. The maximum atomic E-state index is 13.3. The molecular formula is C15H17ClFN5O. The quantitative estimate of drug-likeness (QED) is 0.818. The molecule has 0 amide bonds. The van der Waals surface area contributed by atoms with Crippen molar-refractivity contribution in [1.29, 1.82) is 0 Å². The highest BCUT2D eigenvalue weighted by Crippen LogP contribution is 2.25. The van der Waals surface area contributed by atoms with Crippen LogP contribution in [0.3, 0.4) is 0 Å². The fourth-order valence-electron chi connectivity index (χ4n) is 2.65. The first-order valence-corrected chi connectivity index (χ1v) is 7.83. The van der Waals surface area contributed by atoms with Gasteiger partial charge in [0.05, 0.1) is 0 Å². The van der Waals surface area contributed by atoms with Crippen molar-refractivity contribution in [2.45, 2.75) is 19.4 Å². The molecule has 2 aromatic rings. The topological polar surface area (TPSA) is 73.9 Å². The Kier molecular flexibility index (Phi) is 4.58. The molecule has 2 N–H and O–H groups in total. The molecule has 1 fully saturated rings. The minimum atomic E-state index is -0.631. The summed E-state index contributed by atoms with van der Waals surface area (Å²) in [5.41, 5.74) is 0.0152. The standard InChI is InChI=1S/C15H17ClFN5O/c1-9-8-18-4-2-6-22(9)14-12(16)15(23)21-13(20-14)10-3-5-19-11(17)7-10/h3,5,7,9,18H,2,4,6,8H2,1H3,(H,20,21,23)/t9-/m1/s1.